The number of rotatable bonds is 4. The summed E-state index contributed by atoms with van der Waals surface area (Å²) in [6.07, 6.45) is 3.37. The molecule has 1 aliphatic rings. The average Bonchev–Trinajstić information content (AvgIpc) is 3.03. The molecular weight excluding hydrogens is 312 g/mol. The zero-order valence-corrected chi connectivity index (χ0v) is 13.5. The van der Waals surface area contributed by atoms with Gasteiger partial charge in [-0.15, -0.1) is 0 Å². The average molecular weight is 331 g/mol. The number of carbonyl (C=O) groups excluding carboxylic acids is 1. The summed E-state index contributed by atoms with van der Waals surface area (Å²) in [5, 5.41) is 10.7. The number of aromatic nitrogens is 1. The van der Waals surface area contributed by atoms with Crippen LogP contribution >= 0.6 is 11.6 Å². The molecule has 1 N–H and O–H groups in total. The van der Waals surface area contributed by atoms with Gasteiger partial charge in [-0.25, -0.2) is 4.98 Å². The molecule has 1 amide bonds. The molecule has 120 valence electrons. The van der Waals surface area contributed by atoms with Crippen LogP contribution in [0.5, 0.6) is 0 Å². The van der Waals surface area contributed by atoms with Crippen LogP contribution in [-0.2, 0) is 0 Å². The largest absolute Gasteiger partial charge is 0.388 e. The highest BCUT2D eigenvalue weighted by molar-refractivity contribution is 6.32. The highest BCUT2D eigenvalue weighted by atomic mass is 35.5. The molecule has 0 spiro atoms. The number of benzene rings is 1. The van der Waals surface area contributed by atoms with E-state index in [1.54, 1.807) is 18.3 Å². The van der Waals surface area contributed by atoms with Crippen LogP contribution in [0.1, 0.15) is 41.3 Å². The quantitative estimate of drug-likeness (QED) is 0.873. The van der Waals surface area contributed by atoms with Gasteiger partial charge in [0.25, 0.3) is 5.91 Å². The molecule has 0 radical (unpaired) electrons. The van der Waals surface area contributed by atoms with Gasteiger partial charge in [0.15, 0.2) is 0 Å². The van der Waals surface area contributed by atoms with Gasteiger partial charge in [-0.05, 0) is 37.0 Å². The van der Waals surface area contributed by atoms with E-state index in [9.17, 15) is 9.90 Å². The Morgan fingerprint density at radius 2 is 2.09 bits per heavy atom. The number of carbonyl (C=O) groups is 1. The van der Waals surface area contributed by atoms with E-state index in [0.29, 0.717) is 18.5 Å². The van der Waals surface area contributed by atoms with E-state index in [1.165, 1.54) is 0 Å². The molecule has 1 aromatic carbocycles. The Morgan fingerprint density at radius 3 is 2.83 bits per heavy atom. The molecule has 0 aliphatic carbocycles. The Kier molecular flexibility index (Phi) is 4.94. The third-order valence-electron chi connectivity index (χ3n) is 4.31. The van der Waals surface area contributed by atoms with Crippen LogP contribution in [0.2, 0.25) is 5.15 Å². The molecule has 1 fully saturated rings. The van der Waals surface area contributed by atoms with Gasteiger partial charge in [0, 0.05) is 18.8 Å². The first kappa shape index (κ1) is 16.0. The van der Waals surface area contributed by atoms with Crippen molar-refractivity contribution < 1.29 is 9.90 Å². The molecule has 4 nitrogen and oxygen atoms in total. The summed E-state index contributed by atoms with van der Waals surface area (Å²) in [4.78, 5) is 18.5. The lowest BCUT2D eigenvalue weighted by Crippen LogP contribution is -2.36. The van der Waals surface area contributed by atoms with E-state index in [-0.39, 0.29) is 17.1 Å². The lowest BCUT2D eigenvalue weighted by molar-refractivity contribution is 0.0667. The lowest BCUT2D eigenvalue weighted by atomic mass is 10.0. The Labute approximate surface area is 140 Å². The summed E-state index contributed by atoms with van der Waals surface area (Å²) in [7, 11) is 0. The maximum atomic E-state index is 12.7. The molecule has 2 atom stereocenters. The van der Waals surface area contributed by atoms with Gasteiger partial charge >= 0.3 is 0 Å². The molecule has 0 saturated carbocycles. The molecule has 0 bridgehead atoms. The van der Waals surface area contributed by atoms with Crippen LogP contribution in [0, 0.1) is 0 Å². The normalized spacial score (nSPS) is 18.9. The van der Waals surface area contributed by atoms with Gasteiger partial charge in [-0.2, -0.15) is 0 Å². The highest BCUT2D eigenvalue weighted by Gasteiger charge is 2.32. The number of likely N-dealkylation sites (tertiary alicyclic amines) is 1. The predicted octanol–water partition coefficient (Wildman–Crippen LogP) is 3.46. The summed E-state index contributed by atoms with van der Waals surface area (Å²) >= 11 is 6.04. The molecule has 2 unspecified atom stereocenters. The van der Waals surface area contributed by atoms with Crippen molar-refractivity contribution in [1.29, 1.82) is 0 Å². The number of nitrogens with zero attached hydrogens (tertiary/aromatic N) is 2. The molecule has 23 heavy (non-hydrogen) atoms. The number of aliphatic hydroxyl groups is 1. The molecule has 3 rings (SSSR count). The van der Waals surface area contributed by atoms with Gasteiger partial charge in [0.2, 0.25) is 0 Å². The second kappa shape index (κ2) is 7.11. The molecule has 2 aromatic rings. The summed E-state index contributed by atoms with van der Waals surface area (Å²) in [6, 6.07) is 13.0. The molecular formula is C18H19ClN2O2. The number of halogens is 1. The van der Waals surface area contributed by atoms with Crippen molar-refractivity contribution in [1.82, 2.24) is 9.88 Å². The fourth-order valence-electron chi connectivity index (χ4n) is 3.12. The molecule has 5 heteroatoms. The van der Waals surface area contributed by atoms with Crippen molar-refractivity contribution in [3.63, 3.8) is 0 Å². The van der Waals surface area contributed by atoms with Crippen LogP contribution in [-0.4, -0.2) is 33.5 Å². The number of hydrogen-bond acceptors (Lipinski definition) is 3. The number of amides is 1. The zero-order chi connectivity index (χ0) is 16.2. The topological polar surface area (TPSA) is 53.4 Å². The van der Waals surface area contributed by atoms with Crippen LogP contribution < -0.4 is 0 Å². The van der Waals surface area contributed by atoms with E-state index < -0.39 is 6.10 Å². The van der Waals surface area contributed by atoms with E-state index in [2.05, 4.69) is 4.98 Å². The summed E-state index contributed by atoms with van der Waals surface area (Å²) in [5.41, 5.74) is 1.31. The fraction of sp³-hybridized carbons (Fsp3) is 0.333. The fourth-order valence-corrected chi connectivity index (χ4v) is 3.32. The van der Waals surface area contributed by atoms with Crippen LogP contribution in [0.25, 0.3) is 0 Å². The van der Waals surface area contributed by atoms with Crippen molar-refractivity contribution in [2.75, 3.05) is 6.54 Å². The van der Waals surface area contributed by atoms with Crippen LogP contribution in [0.3, 0.4) is 0 Å². The second-order valence-corrected chi connectivity index (χ2v) is 6.16. The number of hydrogen-bond donors (Lipinski definition) is 1. The second-order valence-electron chi connectivity index (χ2n) is 5.80. The maximum absolute atomic E-state index is 12.7. The first-order valence-corrected chi connectivity index (χ1v) is 8.19. The Hall–Kier alpha value is -1.91. The maximum Gasteiger partial charge on any atom is 0.257 e. The number of pyridine rings is 1. The monoisotopic (exact) mass is 330 g/mol. The Morgan fingerprint density at radius 1 is 1.30 bits per heavy atom. The van der Waals surface area contributed by atoms with Crippen molar-refractivity contribution >= 4 is 17.5 Å². The first-order valence-electron chi connectivity index (χ1n) is 7.81. The smallest absolute Gasteiger partial charge is 0.257 e. The summed E-state index contributed by atoms with van der Waals surface area (Å²) in [5.74, 6) is -0.106. The Bertz CT molecular complexity index is 678. The van der Waals surface area contributed by atoms with Gasteiger partial charge < -0.3 is 10.0 Å². The van der Waals surface area contributed by atoms with Crippen LogP contribution in [0.15, 0.2) is 48.7 Å². The highest BCUT2D eigenvalue weighted by Crippen LogP contribution is 2.29. The molecule has 1 saturated heterocycles. The first-order chi connectivity index (χ1) is 11.2. The van der Waals surface area contributed by atoms with E-state index in [4.69, 9.17) is 11.6 Å². The minimum Gasteiger partial charge on any atom is -0.388 e. The molecule has 1 aromatic heterocycles. The van der Waals surface area contributed by atoms with Gasteiger partial charge in [-0.1, -0.05) is 41.9 Å². The molecule has 2 heterocycles. The minimum absolute atomic E-state index is 0.0222. The third kappa shape index (κ3) is 3.54. The standard InChI is InChI=1S/C18H19ClN2O2/c19-17-15(9-4-10-20-17)18(23)21-11-5-8-14(21)12-16(22)13-6-2-1-3-7-13/h1-4,6-7,9-10,14,16,22H,5,8,11-12H2. The lowest BCUT2D eigenvalue weighted by Gasteiger charge is -2.27. The zero-order valence-electron chi connectivity index (χ0n) is 12.7. The van der Waals surface area contributed by atoms with E-state index >= 15 is 0 Å². The van der Waals surface area contributed by atoms with Gasteiger partial charge in [-0.3, -0.25) is 4.79 Å². The third-order valence-corrected chi connectivity index (χ3v) is 4.61. The van der Waals surface area contributed by atoms with Crippen molar-refractivity contribution in [2.24, 2.45) is 0 Å². The van der Waals surface area contributed by atoms with Crippen LogP contribution in [0.4, 0.5) is 0 Å². The summed E-state index contributed by atoms with van der Waals surface area (Å²) < 4.78 is 0. The SMILES string of the molecule is O=C(c1cccnc1Cl)N1CCCC1CC(O)c1ccccc1. The Balaban J connectivity index is 1.73. The minimum atomic E-state index is -0.570. The number of aliphatic hydroxyl groups excluding tert-OH is 1. The van der Waals surface area contributed by atoms with E-state index in [0.717, 1.165) is 18.4 Å². The van der Waals surface area contributed by atoms with Crippen molar-refractivity contribution in [3.8, 4) is 0 Å². The van der Waals surface area contributed by atoms with Crippen molar-refractivity contribution in [2.45, 2.75) is 31.4 Å². The summed E-state index contributed by atoms with van der Waals surface area (Å²) in [6.45, 7) is 0.691. The molecule has 1 aliphatic heterocycles. The van der Waals surface area contributed by atoms with Gasteiger partial charge in [0.05, 0.1) is 11.7 Å². The van der Waals surface area contributed by atoms with E-state index in [1.807, 2.05) is 35.2 Å². The van der Waals surface area contributed by atoms with Gasteiger partial charge in [0.1, 0.15) is 5.15 Å². The van der Waals surface area contributed by atoms with Crippen molar-refractivity contribution in [3.05, 3.63) is 64.9 Å². The predicted molar refractivity (Wildman–Crippen MR) is 89.3 cm³/mol.